The Morgan fingerprint density at radius 2 is 1.50 bits per heavy atom. The molecule has 0 spiro atoms. The molecule has 0 heterocycles. The lowest BCUT2D eigenvalue weighted by Crippen LogP contribution is -2.24. The van der Waals surface area contributed by atoms with Crippen molar-refractivity contribution >= 4 is 17.7 Å². The molecule has 0 fully saturated rings. The highest BCUT2D eigenvalue weighted by molar-refractivity contribution is 5.89. The van der Waals surface area contributed by atoms with E-state index in [4.69, 9.17) is 9.47 Å². The smallest absolute Gasteiger partial charge is 0.417 e. The van der Waals surface area contributed by atoms with E-state index in [1.807, 2.05) is 38.1 Å². The van der Waals surface area contributed by atoms with E-state index in [0.29, 0.717) is 30.9 Å². The van der Waals surface area contributed by atoms with Gasteiger partial charge >= 0.3 is 12.1 Å². The molecule has 2 aromatic carbocycles. The van der Waals surface area contributed by atoms with Crippen LogP contribution in [0.3, 0.4) is 0 Å². The maximum absolute atomic E-state index is 12.8. The number of carbonyl (C=O) groups is 2. The van der Waals surface area contributed by atoms with Gasteiger partial charge in [-0.3, -0.25) is 10.1 Å². The first-order valence-electron chi connectivity index (χ1n) is 11.9. The molecular weight excluding hydrogens is 430 g/mol. The number of anilines is 1. The van der Waals surface area contributed by atoms with Gasteiger partial charge in [0.05, 0.1) is 17.7 Å². The standard InChI is InChI=1S/C28H39NO5/c1-17(2)21-11-9-12-22(18(3)4)25(21)29-27(32)34-24-16-19(5)23(15-20(24)6)33-14-10-13-28(7,8)26(30)31/h9,11-12,15-18H,10,13-14H2,1-8H3,(H,29,32)(H,30,31). The van der Waals surface area contributed by atoms with Gasteiger partial charge in [0.25, 0.3) is 0 Å². The zero-order valence-corrected chi connectivity index (χ0v) is 21.7. The predicted octanol–water partition coefficient (Wildman–Crippen LogP) is 7.43. The number of hydrogen-bond acceptors (Lipinski definition) is 4. The summed E-state index contributed by atoms with van der Waals surface area (Å²) in [5, 5.41) is 12.2. The summed E-state index contributed by atoms with van der Waals surface area (Å²) < 4.78 is 11.6. The Labute approximate surface area is 203 Å². The van der Waals surface area contributed by atoms with Gasteiger partial charge < -0.3 is 14.6 Å². The third-order valence-corrected chi connectivity index (χ3v) is 6.06. The molecule has 0 bridgehead atoms. The van der Waals surface area contributed by atoms with Crippen molar-refractivity contribution < 1.29 is 24.2 Å². The van der Waals surface area contributed by atoms with E-state index in [0.717, 1.165) is 27.9 Å². The summed E-state index contributed by atoms with van der Waals surface area (Å²) in [5.41, 5.74) is 3.82. The van der Waals surface area contributed by atoms with Crippen molar-refractivity contribution in [2.24, 2.45) is 5.41 Å². The van der Waals surface area contributed by atoms with E-state index in [1.54, 1.807) is 19.9 Å². The summed E-state index contributed by atoms with van der Waals surface area (Å²) in [6.07, 6.45) is 0.631. The molecule has 0 saturated heterocycles. The summed E-state index contributed by atoms with van der Waals surface area (Å²) in [6, 6.07) is 9.73. The molecular formula is C28H39NO5. The van der Waals surface area contributed by atoms with Crippen molar-refractivity contribution in [3.05, 3.63) is 52.6 Å². The largest absolute Gasteiger partial charge is 0.493 e. The van der Waals surface area contributed by atoms with Crippen LogP contribution >= 0.6 is 0 Å². The normalized spacial score (nSPS) is 11.6. The van der Waals surface area contributed by atoms with Crippen LogP contribution in [0.1, 0.15) is 88.5 Å². The Kier molecular flexibility index (Phi) is 9.14. The Morgan fingerprint density at radius 1 is 0.971 bits per heavy atom. The van der Waals surface area contributed by atoms with E-state index < -0.39 is 17.5 Å². The highest BCUT2D eigenvalue weighted by Crippen LogP contribution is 2.33. The summed E-state index contributed by atoms with van der Waals surface area (Å²) in [7, 11) is 0. The highest BCUT2D eigenvalue weighted by Gasteiger charge is 2.26. The van der Waals surface area contributed by atoms with Gasteiger partial charge in [-0.1, -0.05) is 45.9 Å². The molecule has 0 radical (unpaired) electrons. The molecule has 0 unspecified atom stereocenters. The van der Waals surface area contributed by atoms with Crippen molar-refractivity contribution in [3.8, 4) is 11.5 Å². The maximum atomic E-state index is 12.8. The molecule has 34 heavy (non-hydrogen) atoms. The summed E-state index contributed by atoms with van der Waals surface area (Å²) in [6.45, 7) is 16.0. The van der Waals surface area contributed by atoms with Gasteiger partial charge in [0, 0.05) is 0 Å². The molecule has 6 heteroatoms. The number of amides is 1. The zero-order valence-electron chi connectivity index (χ0n) is 21.7. The van der Waals surface area contributed by atoms with Gasteiger partial charge in [-0.25, -0.2) is 4.79 Å². The molecule has 0 aliphatic heterocycles. The average molecular weight is 470 g/mol. The van der Waals surface area contributed by atoms with Crippen molar-refractivity contribution in [2.75, 3.05) is 11.9 Å². The Hall–Kier alpha value is -3.02. The predicted molar refractivity (Wildman–Crippen MR) is 136 cm³/mol. The number of ether oxygens (including phenoxy) is 2. The van der Waals surface area contributed by atoms with Gasteiger partial charge in [-0.2, -0.15) is 0 Å². The molecule has 186 valence electrons. The number of aliphatic carboxylic acids is 1. The second-order valence-electron chi connectivity index (χ2n) is 10.2. The number of carboxylic acids is 1. The number of rotatable bonds is 10. The van der Waals surface area contributed by atoms with E-state index in [2.05, 4.69) is 33.0 Å². The highest BCUT2D eigenvalue weighted by atomic mass is 16.6. The summed E-state index contributed by atoms with van der Waals surface area (Å²) in [4.78, 5) is 24.1. The lowest BCUT2D eigenvalue weighted by Gasteiger charge is -2.20. The van der Waals surface area contributed by atoms with Crippen LogP contribution in [0.4, 0.5) is 10.5 Å². The third-order valence-electron chi connectivity index (χ3n) is 6.06. The van der Waals surface area contributed by atoms with Gasteiger partial charge in [0.2, 0.25) is 0 Å². The van der Waals surface area contributed by atoms with Crippen molar-refractivity contribution in [1.82, 2.24) is 0 Å². The second kappa shape index (κ2) is 11.4. The topological polar surface area (TPSA) is 84.9 Å². The molecule has 0 aromatic heterocycles. The Bertz CT molecular complexity index is 997. The molecule has 2 aromatic rings. The molecule has 0 aliphatic rings. The number of para-hydroxylation sites is 1. The first-order valence-corrected chi connectivity index (χ1v) is 11.9. The first-order chi connectivity index (χ1) is 15.8. The van der Waals surface area contributed by atoms with Crippen molar-refractivity contribution in [3.63, 3.8) is 0 Å². The van der Waals surface area contributed by atoms with Crippen LogP contribution in [-0.2, 0) is 4.79 Å². The van der Waals surface area contributed by atoms with Gasteiger partial charge in [0.1, 0.15) is 11.5 Å². The summed E-state index contributed by atoms with van der Waals surface area (Å²) >= 11 is 0. The van der Waals surface area contributed by atoms with Crippen molar-refractivity contribution in [1.29, 1.82) is 0 Å². The lowest BCUT2D eigenvalue weighted by atomic mass is 9.88. The molecule has 0 atom stereocenters. The van der Waals surface area contributed by atoms with E-state index >= 15 is 0 Å². The minimum atomic E-state index is -0.809. The number of carboxylic acid groups (broad SMARTS) is 1. The molecule has 2 N–H and O–H groups in total. The third kappa shape index (κ3) is 6.99. The zero-order chi connectivity index (χ0) is 25.6. The van der Waals surface area contributed by atoms with Crippen LogP contribution in [0.2, 0.25) is 0 Å². The van der Waals surface area contributed by atoms with Gasteiger partial charge in [-0.05, 0) is 86.8 Å². The van der Waals surface area contributed by atoms with Gasteiger partial charge in [0.15, 0.2) is 0 Å². The van der Waals surface area contributed by atoms with Crippen LogP contribution in [0.15, 0.2) is 30.3 Å². The van der Waals surface area contributed by atoms with Crippen LogP contribution in [0.25, 0.3) is 0 Å². The minimum Gasteiger partial charge on any atom is -0.493 e. The first kappa shape index (κ1) is 27.2. The maximum Gasteiger partial charge on any atom is 0.417 e. The van der Waals surface area contributed by atoms with Crippen LogP contribution < -0.4 is 14.8 Å². The minimum absolute atomic E-state index is 0.260. The van der Waals surface area contributed by atoms with E-state index in [-0.39, 0.29) is 11.8 Å². The number of hydrogen-bond donors (Lipinski definition) is 2. The lowest BCUT2D eigenvalue weighted by molar-refractivity contribution is -0.147. The quantitative estimate of drug-likeness (QED) is 0.353. The van der Waals surface area contributed by atoms with Crippen LogP contribution in [0, 0.1) is 19.3 Å². The molecule has 1 amide bonds. The average Bonchev–Trinajstić information content (AvgIpc) is 2.73. The fraction of sp³-hybridized carbons (Fsp3) is 0.500. The summed E-state index contributed by atoms with van der Waals surface area (Å²) in [5.74, 6) is 0.884. The number of aryl methyl sites for hydroxylation is 2. The Balaban J connectivity index is 2.09. The number of benzene rings is 2. The van der Waals surface area contributed by atoms with Crippen LogP contribution in [-0.4, -0.2) is 23.8 Å². The number of nitrogens with one attached hydrogen (secondary N) is 1. The molecule has 0 aliphatic carbocycles. The molecule has 6 nitrogen and oxygen atoms in total. The SMILES string of the molecule is Cc1cc(OC(=O)Nc2c(C(C)C)cccc2C(C)C)c(C)cc1OCCCC(C)(C)C(=O)O. The number of carbonyl (C=O) groups excluding carboxylic acids is 1. The van der Waals surface area contributed by atoms with E-state index in [1.165, 1.54) is 0 Å². The fourth-order valence-electron chi connectivity index (χ4n) is 3.75. The molecule has 2 rings (SSSR count). The van der Waals surface area contributed by atoms with E-state index in [9.17, 15) is 14.7 Å². The Morgan fingerprint density at radius 3 is 2.03 bits per heavy atom. The fourth-order valence-corrected chi connectivity index (χ4v) is 3.75. The van der Waals surface area contributed by atoms with Crippen LogP contribution in [0.5, 0.6) is 11.5 Å². The monoisotopic (exact) mass is 469 g/mol. The van der Waals surface area contributed by atoms with Crippen molar-refractivity contribution in [2.45, 2.75) is 80.1 Å². The second-order valence-corrected chi connectivity index (χ2v) is 10.2. The molecule has 0 saturated carbocycles. The van der Waals surface area contributed by atoms with Gasteiger partial charge in [-0.15, -0.1) is 0 Å².